The first kappa shape index (κ1) is 23.1. The van der Waals surface area contributed by atoms with Crippen LogP contribution in [0.2, 0.25) is 0 Å². The van der Waals surface area contributed by atoms with Crippen LogP contribution in [0.4, 0.5) is 14.5 Å². The standard InChI is InChI=1S/C27H29F2N5O2/c28-20-3-1-2-16-14-22(32-27(36)24(16)20)17-8-11-34(15-17)19-9-12-33(13-10-19)23-7-6-21(31-25(23)29)26(35)30-18-4-5-18/h1-3,6-7,14,17-19H,4-5,8-13,15H2,(H,30,35)(H,32,36). The molecular weight excluding hydrogens is 464 g/mol. The zero-order valence-corrected chi connectivity index (χ0v) is 20.0. The van der Waals surface area contributed by atoms with Crippen molar-refractivity contribution < 1.29 is 13.6 Å². The van der Waals surface area contributed by atoms with Gasteiger partial charge in [0.15, 0.2) is 0 Å². The number of hydrogen-bond donors (Lipinski definition) is 2. The molecule has 2 saturated heterocycles. The summed E-state index contributed by atoms with van der Waals surface area (Å²) in [6.07, 6.45) is 4.67. The fourth-order valence-corrected chi connectivity index (χ4v) is 5.64. The molecule has 188 valence electrons. The van der Waals surface area contributed by atoms with Gasteiger partial charge in [0.2, 0.25) is 5.95 Å². The highest BCUT2D eigenvalue weighted by Gasteiger charge is 2.33. The molecule has 1 aliphatic carbocycles. The number of likely N-dealkylation sites (tertiary alicyclic amines) is 1. The minimum absolute atomic E-state index is 0.113. The summed E-state index contributed by atoms with van der Waals surface area (Å²) in [5, 5.41) is 3.58. The van der Waals surface area contributed by atoms with Crippen LogP contribution >= 0.6 is 0 Å². The number of pyridine rings is 2. The first-order chi connectivity index (χ1) is 17.5. The van der Waals surface area contributed by atoms with Gasteiger partial charge in [-0.15, -0.1) is 0 Å². The van der Waals surface area contributed by atoms with Crippen LogP contribution in [-0.2, 0) is 0 Å². The lowest BCUT2D eigenvalue weighted by Crippen LogP contribution is -2.44. The number of aromatic amines is 1. The fourth-order valence-electron chi connectivity index (χ4n) is 5.64. The molecule has 1 amide bonds. The van der Waals surface area contributed by atoms with Gasteiger partial charge in [-0.1, -0.05) is 12.1 Å². The number of anilines is 1. The lowest BCUT2D eigenvalue weighted by molar-refractivity contribution is 0.0945. The first-order valence-corrected chi connectivity index (χ1v) is 12.7. The highest BCUT2D eigenvalue weighted by atomic mass is 19.1. The van der Waals surface area contributed by atoms with Crippen LogP contribution < -0.4 is 15.8 Å². The molecule has 4 heterocycles. The predicted octanol–water partition coefficient (Wildman–Crippen LogP) is 3.55. The molecule has 2 aliphatic heterocycles. The largest absolute Gasteiger partial charge is 0.368 e. The Balaban J connectivity index is 1.08. The Labute approximate surface area is 207 Å². The molecule has 9 heteroatoms. The molecule has 0 spiro atoms. The fraction of sp³-hybridized carbons (Fsp3) is 0.444. The zero-order chi connectivity index (χ0) is 24.8. The van der Waals surface area contributed by atoms with Crippen molar-refractivity contribution in [2.24, 2.45) is 0 Å². The van der Waals surface area contributed by atoms with Crippen LogP contribution in [0.5, 0.6) is 0 Å². The predicted molar refractivity (Wildman–Crippen MR) is 133 cm³/mol. The first-order valence-electron chi connectivity index (χ1n) is 12.7. The normalized spacial score (nSPS) is 21.3. The second kappa shape index (κ2) is 9.28. The third-order valence-corrected chi connectivity index (χ3v) is 7.80. The van der Waals surface area contributed by atoms with Crippen LogP contribution in [-0.4, -0.2) is 59.0 Å². The molecule has 0 bridgehead atoms. The van der Waals surface area contributed by atoms with Gasteiger partial charge in [0.1, 0.15) is 11.5 Å². The van der Waals surface area contributed by atoms with Crippen molar-refractivity contribution in [1.29, 1.82) is 0 Å². The van der Waals surface area contributed by atoms with Gasteiger partial charge in [0.25, 0.3) is 11.5 Å². The number of benzene rings is 1. The monoisotopic (exact) mass is 493 g/mol. The van der Waals surface area contributed by atoms with E-state index in [-0.39, 0.29) is 34.5 Å². The van der Waals surface area contributed by atoms with Crippen molar-refractivity contribution in [2.45, 2.75) is 50.1 Å². The summed E-state index contributed by atoms with van der Waals surface area (Å²) in [6.45, 7) is 3.19. The SMILES string of the molecule is O=C(NC1CC1)c1ccc(N2CCC(N3CCC(c4cc5cccc(F)c5c(=O)[nH]4)C3)CC2)c(F)n1. The van der Waals surface area contributed by atoms with Crippen molar-refractivity contribution in [3.63, 3.8) is 0 Å². The Morgan fingerprint density at radius 3 is 2.58 bits per heavy atom. The number of aromatic nitrogens is 2. The van der Waals surface area contributed by atoms with E-state index < -0.39 is 11.8 Å². The van der Waals surface area contributed by atoms with Crippen LogP contribution in [0.15, 0.2) is 41.2 Å². The summed E-state index contributed by atoms with van der Waals surface area (Å²) >= 11 is 0. The summed E-state index contributed by atoms with van der Waals surface area (Å²) in [6, 6.07) is 10.5. The molecule has 1 saturated carbocycles. The summed E-state index contributed by atoms with van der Waals surface area (Å²) in [7, 11) is 0. The van der Waals surface area contributed by atoms with Crippen LogP contribution in [0.1, 0.15) is 54.2 Å². The molecule has 7 nitrogen and oxygen atoms in total. The highest BCUT2D eigenvalue weighted by Crippen LogP contribution is 2.32. The lowest BCUT2D eigenvalue weighted by atomic mass is 10.0. The minimum Gasteiger partial charge on any atom is -0.368 e. The average molecular weight is 494 g/mol. The second-order valence-electron chi connectivity index (χ2n) is 10.2. The van der Waals surface area contributed by atoms with E-state index in [9.17, 15) is 18.4 Å². The molecule has 3 aromatic rings. The summed E-state index contributed by atoms with van der Waals surface area (Å²) in [4.78, 5) is 35.9. The van der Waals surface area contributed by atoms with E-state index in [4.69, 9.17) is 0 Å². The number of carbonyl (C=O) groups is 1. The van der Waals surface area contributed by atoms with Crippen molar-refractivity contribution in [3.05, 3.63) is 69.9 Å². The van der Waals surface area contributed by atoms with E-state index in [0.29, 0.717) is 30.2 Å². The number of hydrogen-bond acceptors (Lipinski definition) is 5. The lowest BCUT2D eigenvalue weighted by Gasteiger charge is -2.37. The van der Waals surface area contributed by atoms with Gasteiger partial charge < -0.3 is 15.2 Å². The molecule has 3 fully saturated rings. The second-order valence-corrected chi connectivity index (χ2v) is 10.2. The van der Waals surface area contributed by atoms with Gasteiger partial charge in [-0.3, -0.25) is 14.5 Å². The number of nitrogens with zero attached hydrogens (tertiary/aromatic N) is 3. The molecule has 2 N–H and O–H groups in total. The van der Waals surface area contributed by atoms with E-state index in [0.717, 1.165) is 50.9 Å². The molecule has 1 aromatic carbocycles. The van der Waals surface area contributed by atoms with Gasteiger partial charge in [-0.25, -0.2) is 9.37 Å². The number of fused-ring (bicyclic) bond motifs is 1. The molecular formula is C27H29F2N5O2. The van der Waals surface area contributed by atoms with E-state index in [2.05, 4.69) is 20.2 Å². The van der Waals surface area contributed by atoms with Crippen LogP contribution in [0.3, 0.4) is 0 Å². The Hall–Kier alpha value is -3.33. The maximum absolute atomic E-state index is 14.8. The van der Waals surface area contributed by atoms with Gasteiger partial charge >= 0.3 is 0 Å². The molecule has 6 rings (SSSR count). The van der Waals surface area contributed by atoms with E-state index >= 15 is 0 Å². The zero-order valence-electron chi connectivity index (χ0n) is 20.0. The quantitative estimate of drug-likeness (QED) is 0.532. The Morgan fingerprint density at radius 2 is 1.83 bits per heavy atom. The van der Waals surface area contributed by atoms with E-state index in [1.807, 2.05) is 11.0 Å². The Morgan fingerprint density at radius 1 is 1.03 bits per heavy atom. The Kier molecular flexibility index (Phi) is 5.95. The van der Waals surface area contributed by atoms with E-state index in [1.165, 1.54) is 6.07 Å². The molecule has 36 heavy (non-hydrogen) atoms. The van der Waals surface area contributed by atoms with Crippen LogP contribution in [0.25, 0.3) is 10.8 Å². The summed E-state index contributed by atoms with van der Waals surface area (Å²) in [5.74, 6) is -1.22. The highest BCUT2D eigenvalue weighted by molar-refractivity contribution is 5.92. The van der Waals surface area contributed by atoms with Crippen molar-refractivity contribution in [2.75, 3.05) is 31.1 Å². The maximum Gasteiger partial charge on any atom is 0.270 e. The number of amides is 1. The van der Waals surface area contributed by atoms with Crippen molar-refractivity contribution >= 4 is 22.4 Å². The number of halogens is 2. The van der Waals surface area contributed by atoms with Gasteiger partial charge in [0.05, 0.1) is 11.1 Å². The smallest absolute Gasteiger partial charge is 0.270 e. The third-order valence-electron chi connectivity index (χ3n) is 7.80. The van der Waals surface area contributed by atoms with Crippen LogP contribution in [0, 0.1) is 11.8 Å². The third kappa shape index (κ3) is 4.48. The average Bonchev–Trinajstić information content (AvgIpc) is 3.55. The number of H-pyrrole nitrogens is 1. The van der Waals surface area contributed by atoms with Crippen molar-refractivity contribution in [3.8, 4) is 0 Å². The number of rotatable bonds is 5. The summed E-state index contributed by atoms with van der Waals surface area (Å²) in [5.41, 5.74) is 1.04. The summed E-state index contributed by atoms with van der Waals surface area (Å²) < 4.78 is 28.8. The van der Waals surface area contributed by atoms with Crippen molar-refractivity contribution in [1.82, 2.24) is 20.2 Å². The van der Waals surface area contributed by atoms with Gasteiger partial charge in [-0.2, -0.15) is 4.39 Å². The molecule has 0 radical (unpaired) electrons. The molecule has 1 atom stereocenters. The minimum atomic E-state index is -0.602. The molecule has 3 aliphatic rings. The maximum atomic E-state index is 14.8. The van der Waals surface area contributed by atoms with Gasteiger partial charge in [0, 0.05) is 43.3 Å². The van der Waals surface area contributed by atoms with Gasteiger partial charge in [-0.05, 0) is 68.3 Å². The Bertz CT molecular complexity index is 1360. The number of carbonyl (C=O) groups excluding carboxylic acids is 1. The molecule has 1 unspecified atom stereocenters. The number of piperidine rings is 1. The topological polar surface area (TPSA) is 81.3 Å². The molecule has 2 aromatic heterocycles. The van der Waals surface area contributed by atoms with E-state index in [1.54, 1.807) is 24.3 Å². The number of nitrogens with one attached hydrogen (secondary N) is 2.